The van der Waals surface area contributed by atoms with Crippen molar-refractivity contribution in [2.75, 3.05) is 11.9 Å². The Morgan fingerprint density at radius 3 is 2.19 bits per heavy atom. The molecular weight excluding hydrogens is 330 g/mol. The van der Waals surface area contributed by atoms with E-state index in [4.69, 9.17) is 0 Å². The Balaban J connectivity index is 2.50. The van der Waals surface area contributed by atoms with Crippen LogP contribution in [0.15, 0.2) is 48.7 Å². The second kappa shape index (κ2) is 10.5. The number of nitrogens with zero attached hydrogens (tertiary/aromatic N) is 1. The van der Waals surface area contributed by atoms with Crippen LogP contribution in [0.2, 0.25) is 0 Å². The Kier molecular flexibility index (Phi) is 9.02. The molecular formula is C25H39NO. The van der Waals surface area contributed by atoms with Crippen LogP contribution in [0.1, 0.15) is 72.3 Å². The Bertz CT molecular complexity index is 633. The number of rotatable bonds is 11. The number of allylic oxidation sites excluding steroid dienone is 2. The van der Waals surface area contributed by atoms with Crippen molar-refractivity contribution in [3.05, 3.63) is 54.3 Å². The van der Waals surface area contributed by atoms with Crippen molar-refractivity contribution in [1.29, 1.82) is 0 Å². The molecule has 2 nitrogen and oxygen atoms in total. The summed E-state index contributed by atoms with van der Waals surface area (Å²) in [6.07, 6.45) is 6.29. The average Bonchev–Trinajstić information content (AvgIpc) is 2.57. The fourth-order valence-corrected chi connectivity index (χ4v) is 3.16. The summed E-state index contributed by atoms with van der Waals surface area (Å²) in [5.41, 5.74) is 4.65. The van der Waals surface area contributed by atoms with E-state index in [2.05, 4.69) is 70.0 Å². The van der Waals surface area contributed by atoms with Gasteiger partial charge >= 0.3 is 0 Å². The summed E-state index contributed by atoms with van der Waals surface area (Å²) in [7, 11) is 2.05. The molecule has 2 heteroatoms. The molecule has 0 aliphatic rings. The van der Waals surface area contributed by atoms with Crippen molar-refractivity contribution in [2.24, 2.45) is 11.3 Å². The van der Waals surface area contributed by atoms with Crippen LogP contribution < -0.4 is 4.90 Å². The highest BCUT2D eigenvalue weighted by atomic mass is 16.1. The lowest BCUT2D eigenvalue weighted by molar-refractivity contribution is -0.116. The van der Waals surface area contributed by atoms with Gasteiger partial charge in [0, 0.05) is 24.9 Å². The molecule has 0 fully saturated rings. The molecule has 0 spiro atoms. The highest BCUT2D eigenvalue weighted by molar-refractivity contribution is 5.94. The smallest absolute Gasteiger partial charge is 0.158 e. The zero-order valence-electron chi connectivity index (χ0n) is 18.4. The molecule has 0 amide bonds. The molecule has 1 aromatic rings. The predicted octanol–water partition coefficient (Wildman–Crippen LogP) is 6.96. The topological polar surface area (TPSA) is 20.3 Å². The molecule has 1 rings (SSSR count). The first kappa shape index (κ1) is 23.2. The number of hydrogen-bond donors (Lipinski definition) is 0. The Labute approximate surface area is 167 Å². The third-order valence-corrected chi connectivity index (χ3v) is 5.03. The maximum atomic E-state index is 11.8. The number of hydrogen-bond acceptors (Lipinski definition) is 2. The summed E-state index contributed by atoms with van der Waals surface area (Å²) < 4.78 is 0. The van der Waals surface area contributed by atoms with Gasteiger partial charge in [-0.05, 0) is 67.2 Å². The maximum Gasteiger partial charge on any atom is 0.158 e. The summed E-state index contributed by atoms with van der Waals surface area (Å²) in [5, 5.41) is 0. The average molecular weight is 370 g/mol. The van der Waals surface area contributed by atoms with Crippen molar-refractivity contribution in [3.63, 3.8) is 0 Å². The van der Waals surface area contributed by atoms with Crippen molar-refractivity contribution >= 4 is 11.5 Å². The molecule has 0 unspecified atom stereocenters. The molecule has 0 saturated carbocycles. The summed E-state index contributed by atoms with van der Waals surface area (Å²) in [5.74, 6) is 0.417. The van der Waals surface area contributed by atoms with Crippen LogP contribution in [0.4, 0.5) is 5.69 Å². The lowest BCUT2D eigenvalue weighted by atomic mass is 9.89. The summed E-state index contributed by atoms with van der Waals surface area (Å²) >= 11 is 0. The first-order chi connectivity index (χ1) is 12.5. The van der Waals surface area contributed by atoms with Gasteiger partial charge < -0.3 is 4.90 Å². The van der Waals surface area contributed by atoms with Crippen molar-refractivity contribution in [2.45, 2.75) is 73.1 Å². The molecule has 150 valence electrons. The summed E-state index contributed by atoms with van der Waals surface area (Å²) in [6, 6.07) is 8.80. The molecule has 1 atom stereocenters. The maximum absolute atomic E-state index is 11.8. The first-order valence-electron chi connectivity index (χ1n) is 10.2. The lowest BCUT2D eigenvalue weighted by Crippen LogP contribution is -2.18. The number of ketones is 1. The van der Waals surface area contributed by atoms with E-state index in [-0.39, 0.29) is 11.7 Å². The number of Topliss-reactive ketones (excluding diaryl/α,β-unsaturated/α-hetero) is 1. The van der Waals surface area contributed by atoms with Gasteiger partial charge in [-0.25, -0.2) is 0 Å². The van der Waals surface area contributed by atoms with E-state index in [1.807, 2.05) is 7.05 Å². The quantitative estimate of drug-likeness (QED) is 0.310. The van der Waals surface area contributed by atoms with E-state index in [0.717, 1.165) is 24.2 Å². The van der Waals surface area contributed by atoms with Gasteiger partial charge in [0.2, 0.25) is 0 Å². The van der Waals surface area contributed by atoms with E-state index in [1.54, 1.807) is 6.92 Å². The SMILES string of the molecule is C=C(C)C(=O)C[C@@H](C)CC(=C)N(C)c1ccc(CCCCC(C)(C)C)cc1. The fraction of sp³-hybridized carbons (Fsp3) is 0.560. The second-order valence-corrected chi connectivity index (χ2v) is 9.28. The molecule has 27 heavy (non-hydrogen) atoms. The van der Waals surface area contributed by atoms with Gasteiger partial charge in [0.05, 0.1) is 0 Å². The number of aryl methyl sites for hydroxylation is 1. The molecule has 0 heterocycles. The Hall–Kier alpha value is -1.83. The molecule has 0 saturated heterocycles. The van der Waals surface area contributed by atoms with Gasteiger partial charge in [-0.2, -0.15) is 0 Å². The van der Waals surface area contributed by atoms with Gasteiger partial charge in [-0.1, -0.05) is 59.4 Å². The first-order valence-corrected chi connectivity index (χ1v) is 10.2. The minimum atomic E-state index is 0.147. The van der Waals surface area contributed by atoms with Gasteiger partial charge in [0.1, 0.15) is 0 Å². The molecule has 0 N–H and O–H groups in total. The van der Waals surface area contributed by atoms with Gasteiger partial charge in [0.15, 0.2) is 5.78 Å². The monoisotopic (exact) mass is 369 g/mol. The van der Waals surface area contributed by atoms with E-state index in [9.17, 15) is 4.79 Å². The summed E-state index contributed by atoms with van der Waals surface area (Å²) in [6.45, 7) is 18.7. The van der Waals surface area contributed by atoms with Crippen molar-refractivity contribution < 1.29 is 4.79 Å². The fourth-order valence-electron chi connectivity index (χ4n) is 3.16. The van der Waals surface area contributed by atoms with Crippen LogP contribution in [0.3, 0.4) is 0 Å². The minimum absolute atomic E-state index is 0.147. The molecule has 0 bridgehead atoms. The molecule has 1 aromatic carbocycles. The lowest BCUT2D eigenvalue weighted by Gasteiger charge is -2.24. The van der Waals surface area contributed by atoms with E-state index >= 15 is 0 Å². The number of unbranched alkanes of at least 4 members (excludes halogenated alkanes) is 1. The van der Waals surface area contributed by atoms with Crippen LogP contribution in [0, 0.1) is 11.3 Å². The largest absolute Gasteiger partial charge is 0.349 e. The molecule has 0 aliphatic carbocycles. The standard InChI is InChI=1S/C25H39NO/c1-19(2)24(27)18-20(3)17-21(4)26(8)23-14-12-22(13-15-23)11-9-10-16-25(5,6)7/h12-15,20H,1,4,9-11,16-18H2,2-3,5-8H3/t20-/m0/s1. The van der Waals surface area contributed by atoms with Crippen LogP contribution >= 0.6 is 0 Å². The predicted molar refractivity (Wildman–Crippen MR) is 119 cm³/mol. The van der Waals surface area contributed by atoms with Crippen LogP contribution in [0.5, 0.6) is 0 Å². The van der Waals surface area contributed by atoms with Gasteiger partial charge in [-0.3, -0.25) is 4.79 Å². The highest BCUT2D eigenvalue weighted by Gasteiger charge is 2.14. The molecule has 0 aliphatic heterocycles. The van der Waals surface area contributed by atoms with Crippen LogP contribution in [-0.4, -0.2) is 12.8 Å². The number of benzene rings is 1. The minimum Gasteiger partial charge on any atom is -0.349 e. The Morgan fingerprint density at radius 1 is 1.07 bits per heavy atom. The van der Waals surface area contributed by atoms with E-state index in [1.165, 1.54) is 24.8 Å². The third-order valence-electron chi connectivity index (χ3n) is 5.03. The van der Waals surface area contributed by atoms with Crippen molar-refractivity contribution in [1.82, 2.24) is 0 Å². The molecule has 0 radical (unpaired) electrons. The van der Waals surface area contributed by atoms with Gasteiger partial charge in [0.25, 0.3) is 0 Å². The van der Waals surface area contributed by atoms with E-state index < -0.39 is 0 Å². The summed E-state index contributed by atoms with van der Waals surface area (Å²) in [4.78, 5) is 14.0. The number of anilines is 1. The van der Waals surface area contributed by atoms with Crippen molar-refractivity contribution in [3.8, 4) is 0 Å². The van der Waals surface area contributed by atoms with Crippen LogP contribution in [-0.2, 0) is 11.2 Å². The zero-order chi connectivity index (χ0) is 20.6. The molecule has 0 aromatic heterocycles. The van der Waals surface area contributed by atoms with Gasteiger partial charge in [-0.15, -0.1) is 0 Å². The van der Waals surface area contributed by atoms with Crippen LogP contribution in [0.25, 0.3) is 0 Å². The van der Waals surface area contributed by atoms with E-state index in [0.29, 0.717) is 17.4 Å². The normalized spacial score (nSPS) is 12.5. The Morgan fingerprint density at radius 2 is 1.67 bits per heavy atom. The second-order valence-electron chi connectivity index (χ2n) is 9.28. The zero-order valence-corrected chi connectivity index (χ0v) is 18.4. The number of carbonyl (C=O) groups excluding carboxylic acids is 1. The third kappa shape index (κ3) is 9.08. The number of carbonyl (C=O) groups is 1. The highest BCUT2D eigenvalue weighted by Crippen LogP contribution is 2.25.